The molecule has 0 saturated heterocycles. The van der Waals surface area contributed by atoms with Crippen molar-refractivity contribution in [2.45, 2.75) is 63.9 Å². The van der Waals surface area contributed by atoms with E-state index in [0.717, 1.165) is 12.0 Å². The highest BCUT2D eigenvalue weighted by molar-refractivity contribution is 7.99. The van der Waals surface area contributed by atoms with E-state index in [0.29, 0.717) is 35.5 Å². The Balaban J connectivity index is 2.18. The average Bonchev–Trinajstić information content (AvgIpc) is 2.72. The van der Waals surface area contributed by atoms with Gasteiger partial charge in [-0.3, -0.25) is 0 Å². The van der Waals surface area contributed by atoms with E-state index >= 15 is 0 Å². The van der Waals surface area contributed by atoms with Gasteiger partial charge in [0.05, 0.1) is 13.7 Å². The molecule has 2 aromatic rings. The number of carbonyl (C=O) groups is 1. The molecule has 0 aromatic heterocycles. The van der Waals surface area contributed by atoms with E-state index in [2.05, 4.69) is 26.0 Å². The van der Waals surface area contributed by atoms with Gasteiger partial charge in [0.25, 0.3) is 0 Å². The van der Waals surface area contributed by atoms with Crippen molar-refractivity contribution >= 4 is 17.7 Å². The molecule has 0 fully saturated rings. The summed E-state index contributed by atoms with van der Waals surface area (Å²) in [5.74, 6) is 1.37. The van der Waals surface area contributed by atoms with E-state index in [9.17, 15) is 4.79 Å². The van der Waals surface area contributed by atoms with E-state index < -0.39 is 11.1 Å². The first-order chi connectivity index (χ1) is 15.0. The van der Waals surface area contributed by atoms with Crippen LogP contribution in [0.25, 0.3) is 0 Å². The van der Waals surface area contributed by atoms with Gasteiger partial charge < -0.3 is 19.9 Å². The average molecular weight is 460 g/mol. The van der Waals surface area contributed by atoms with Gasteiger partial charge in [-0.2, -0.15) is 11.8 Å². The molecule has 1 unspecified atom stereocenters. The number of hydrogen-bond donors (Lipinski definition) is 1. The summed E-state index contributed by atoms with van der Waals surface area (Å²) in [6.45, 7) is 10.3. The molecule has 0 saturated carbocycles. The van der Waals surface area contributed by atoms with Gasteiger partial charge in [-0.15, -0.1) is 0 Å². The summed E-state index contributed by atoms with van der Waals surface area (Å²) in [7, 11) is 1.62. The molecule has 0 bridgehead atoms. The van der Waals surface area contributed by atoms with Crippen molar-refractivity contribution in [3.05, 3.63) is 59.7 Å². The quantitative estimate of drug-likeness (QED) is 0.475. The van der Waals surface area contributed by atoms with Crippen LogP contribution in [0.5, 0.6) is 11.5 Å². The summed E-state index contributed by atoms with van der Waals surface area (Å²) < 4.78 is 17.2. The van der Waals surface area contributed by atoms with Gasteiger partial charge in [0.1, 0.15) is 11.1 Å². The second-order valence-corrected chi connectivity index (χ2v) is 10.8. The normalized spacial score (nSPS) is 13.5. The first-order valence-electron chi connectivity index (χ1n) is 11.0. The number of hydrogen-bond acceptors (Lipinski definition) is 6. The van der Waals surface area contributed by atoms with E-state index in [1.807, 2.05) is 57.2 Å². The third-order valence-corrected chi connectivity index (χ3v) is 6.07. The van der Waals surface area contributed by atoms with Gasteiger partial charge in [-0.05, 0) is 49.3 Å². The zero-order valence-electron chi connectivity index (χ0n) is 20.1. The van der Waals surface area contributed by atoms with Gasteiger partial charge in [0.2, 0.25) is 0 Å². The lowest BCUT2D eigenvalue weighted by molar-refractivity contribution is -0.160. The summed E-state index contributed by atoms with van der Waals surface area (Å²) in [5.41, 5.74) is 7.03. The summed E-state index contributed by atoms with van der Waals surface area (Å²) in [4.78, 5) is 13.0. The Kier molecular flexibility index (Phi) is 9.47. The molecule has 0 aliphatic carbocycles. The Hall–Kier alpha value is -2.18. The molecule has 5 nitrogen and oxygen atoms in total. The minimum absolute atomic E-state index is 0.348. The van der Waals surface area contributed by atoms with Crippen LogP contribution in [0, 0.1) is 0 Å². The third-order valence-electron chi connectivity index (χ3n) is 4.72. The predicted molar refractivity (Wildman–Crippen MR) is 133 cm³/mol. The Labute approximate surface area is 197 Å². The van der Waals surface area contributed by atoms with Crippen LogP contribution in [0.15, 0.2) is 48.5 Å². The fourth-order valence-corrected chi connectivity index (χ4v) is 3.96. The molecule has 0 aliphatic rings. The number of thioether (sulfide) groups is 1. The molecule has 0 radical (unpaired) electrons. The molecule has 6 heteroatoms. The molecule has 176 valence electrons. The molecule has 0 heterocycles. The van der Waals surface area contributed by atoms with E-state index in [1.165, 1.54) is 5.56 Å². The monoisotopic (exact) mass is 459 g/mol. The number of rotatable bonds is 11. The smallest absolute Gasteiger partial charge is 0.327 e. The van der Waals surface area contributed by atoms with Crippen LogP contribution < -0.4 is 15.2 Å². The lowest BCUT2D eigenvalue weighted by Crippen LogP contribution is -2.55. The molecule has 2 rings (SSSR count). The third kappa shape index (κ3) is 8.40. The van der Waals surface area contributed by atoms with Crippen LogP contribution in [0.1, 0.15) is 45.7 Å². The SMILES string of the molecule is COc1ccc(CC(N)(CSC(C)C)C(=O)OC(C)(C)C)cc1OCCc1ccccc1. The maximum absolute atomic E-state index is 13.0. The highest BCUT2D eigenvalue weighted by Gasteiger charge is 2.38. The summed E-state index contributed by atoms with van der Waals surface area (Å²) in [5, 5.41) is 0.355. The minimum Gasteiger partial charge on any atom is -0.493 e. The zero-order valence-corrected chi connectivity index (χ0v) is 21.0. The number of methoxy groups -OCH3 is 1. The van der Waals surface area contributed by atoms with Gasteiger partial charge in [0, 0.05) is 18.6 Å². The molecule has 0 spiro atoms. The number of carbonyl (C=O) groups excluding carboxylic acids is 1. The van der Waals surface area contributed by atoms with Crippen molar-refractivity contribution in [3.8, 4) is 11.5 Å². The molecule has 2 aromatic carbocycles. The van der Waals surface area contributed by atoms with Crippen molar-refractivity contribution in [2.75, 3.05) is 19.5 Å². The highest BCUT2D eigenvalue weighted by atomic mass is 32.2. The molecule has 0 aliphatic heterocycles. The van der Waals surface area contributed by atoms with Crippen LogP contribution >= 0.6 is 11.8 Å². The van der Waals surface area contributed by atoms with Gasteiger partial charge in [-0.25, -0.2) is 4.79 Å². The molecule has 1 atom stereocenters. The fourth-order valence-electron chi connectivity index (χ4n) is 3.11. The predicted octanol–water partition coefficient (Wildman–Crippen LogP) is 5.04. The summed E-state index contributed by atoms with van der Waals surface area (Å²) >= 11 is 1.65. The first-order valence-corrected chi connectivity index (χ1v) is 12.0. The van der Waals surface area contributed by atoms with Crippen LogP contribution in [0.4, 0.5) is 0 Å². The summed E-state index contributed by atoms with van der Waals surface area (Å²) in [6.07, 6.45) is 1.14. The van der Waals surface area contributed by atoms with E-state index in [4.69, 9.17) is 19.9 Å². The summed E-state index contributed by atoms with van der Waals surface area (Å²) in [6, 6.07) is 15.9. The highest BCUT2D eigenvalue weighted by Crippen LogP contribution is 2.31. The number of ether oxygens (including phenoxy) is 3. The Morgan fingerprint density at radius 1 is 1.03 bits per heavy atom. The maximum atomic E-state index is 13.0. The van der Waals surface area contributed by atoms with Gasteiger partial charge >= 0.3 is 5.97 Å². The lowest BCUT2D eigenvalue weighted by atomic mass is 9.93. The number of nitrogens with two attached hydrogens (primary N) is 1. The van der Waals surface area contributed by atoms with Crippen molar-refractivity contribution < 1.29 is 19.0 Å². The van der Waals surface area contributed by atoms with Crippen molar-refractivity contribution in [3.63, 3.8) is 0 Å². The van der Waals surface area contributed by atoms with Crippen molar-refractivity contribution in [1.82, 2.24) is 0 Å². The molecular formula is C26H37NO4S. The lowest BCUT2D eigenvalue weighted by Gasteiger charge is -2.32. The van der Waals surface area contributed by atoms with Crippen LogP contribution in [0.2, 0.25) is 0 Å². The second kappa shape index (κ2) is 11.6. The Morgan fingerprint density at radius 3 is 2.31 bits per heavy atom. The minimum atomic E-state index is -1.14. The topological polar surface area (TPSA) is 70.8 Å². The van der Waals surface area contributed by atoms with E-state index in [-0.39, 0.29) is 5.97 Å². The van der Waals surface area contributed by atoms with Crippen LogP contribution in [0.3, 0.4) is 0 Å². The Bertz CT molecular complexity index is 864. The standard InChI is InChI=1S/C26H37NO4S/c1-19(2)32-18-26(27,24(28)31-25(3,4)5)17-21-12-13-22(29-6)23(16-21)30-15-14-20-10-8-7-9-11-20/h7-13,16,19H,14-15,17-18,27H2,1-6H3. The first kappa shape index (κ1) is 26.1. The Morgan fingerprint density at radius 2 is 1.72 bits per heavy atom. The molecular weight excluding hydrogens is 422 g/mol. The van der Waals surface area contributed by atoms with Gasteiger partial charge in [-0.1, -0.05) is 50.2 Å². The van der Waals surface area contributed by atoms with E-state index in [1.54, 1.807) is 18.9 Å². The van der Waals surface area contributed by atoms with Crippen molar-refractivity contribution in [2.24, 2.45) is 5.73 Å². The largest absolute Gasteiger partial charge is 0.493 e. The number of benzene rings is 2. The molecule has 0 amide bonds. The maximum Gasteiger partial charge on any atom is 0.327 e. The second-order valence-electron chi connectivity index (χ2n) is 9.26. The van der Waals surface area contributed by atoms with Crippen LogP contribution in [-0.2, 0) is 22.4 Å². The fraction of sp³-hybridized carbons (Fsp3) is 0.500. The molecule has 32 heavy (non-hydrogen) atoms. The number of esters is 1. The molecule has 2 N–H and O–H groups in total. The van der Waals surface area contributed by atoms with Crippen LogP contribution in [-0.4, -0.2) is 41.8 Å². The van der Waals surface area contributed by atoms with Crippen molar-refractivity contribution in [1.29, 1.82) is 0 Å². The zero-order chi connectivity index (χ0) is 23.8. The van der Waals surface area contributed by atoms with Gasteiger partial charge in [0.15, 0.2) is 11.5 Å².